The Labute approximate surface area is 161 Å². The van der Waals surface area contributed by atoms with Crippen LogP contribution in [-0.4, -0.2) is 37.5 Å². The molecule has 27 heavy (non-hydrogen) atoms. The van der Waals surface area contributed by atoms with Gasteiger partial charge in [0.25, 0.3) is 10.1 Å². The zero-order valence-corrected chi connectivity index (χ0v) is 16.1. The highest BCUT2D eigenvalue weighted by molar-refractivity contribution is 7.85. The molecule has 0 atom stereocenters. The zero-order valence-electron chi connectivity index (χ0n) is 14.5. The van der Waals surface area contributed by atoms with E-state index in [4.69, 9.17) is 31.8 Å². The number of nitrogens with zero attached hydrogens (tertiary/aromatic N) is 2. The predicted molar refractivity (Wildman–Crippen MR) is 103 cm³/mol. The first kappa shape index (κ1) is 22.4. The van der Waals surface area contributed by atoms with Crippen molar-refractivity contribution in [2.45, 2.75) is 11.8 Å². The summed E-state index contributed by atoms with van der Waals surface area (Å²) < 4.78 is 34.5. The molecule has 0 unspecified atom stereocenters. The van der Waals surface area contributed by atoms with Crippen molar-refractivity contribution in [3.63, 3.8) is 0 Å². The molecule has 9 nitrogen and oxygen atoms in total. The molecule has 0 aliphatic carbocycles. The number of rotatable bonds is 4. The van der Waals surface area contributed by atoms with E-state index in [-0.39, 0.29) is 10.9 Å². The Morgan fingerprint density at radius 3 is 2.37 bits per heavy atom. The first-order valence-corrected chi connectivity index (χ1v) is 9.13. The Morgan fingerprint density at radius 1 is 1.26 bits per heavy atom. The molecular formula is C16H19ClN4O5S. The molecule has 0 spiro atoms. The number of nitrogens with two attached hydrogens (primary N) is 1. The molecule has 0 amide bonds. The molecule has 5 N–H and O–H groups in total. The van der Waals surface area contributed by atoms with Gasteiger partial charge in [-0.2, -0.15) is 13.5 Å². The Bertz CT molecular complexity index is 915. The third kappa shape index (κ3) is 8.05. The maximum Gasteiger partial charge on any atom is 0.294 e. The van der Waals surface area contributed by atoms with Crippen molar-refractivity contribution in [2.24, 2.45) is 15.9 Å². The highest BCUT2D eigenvalue weighted by Gasteiger charge is 2.06. The molecule has 0 heterocycles. The maximum atomic E-state index is 10.5. The minimum absolute atomic E-state index is 0.0666. The Kier molecular flexibility index (Phi) is 8.69. The van der Waals surface area contributed by atoms with Gasteiger partial charge in [0.05, 0.1) is 23.2 Å². The van der Waals surface area contributed by atoms with Crippen LogP contribution in [0.4, 0.5) is 0 Å². The van der Waals surface area contributed by atoms with E-state index in [2.05, 4.69) is 10.2 Å². The minimum Gasteiger partial charge on any atom is -0.495 e. The van der Waals surface area contributed by atoms with Crippen LogP contribution in [-0.2, 0) is 10.1 Å². The normalized spacial score (nSPS) is 11.7. The third-order valence-electron chi connectivity index (χ3n) is 2.98. The number of guanidine groups is 1. The molecule has 0 saturated heterocycles. The number of halogens is 1. The second-order valence-corrected chi connectivity index (χ2v) is 6.85. The van der Waals surface area contributed by atoms with E-state index in [0.29, 0.717) is 10.8 Å². The van der Waals surface area contributed by atoms with Gasteiger partial charge in [-0.1, -0.05) is 29.3 Å². The molecule has 0 aliphatic rings. The van der Waals surface area contributed by atoms with Crippen molar-refractivity contribution in [1.82, 2.24) is 5.48 Å². The Balaban J connectivity index is 0.000000289. The second-order valence-electron chi connectivity index (χ2n) is 5.02. The summed E-state index contributed by atoms with van der Waals surface area (Å²) in [6.45, 7) is 1.84. The average molecular weight is 415 g/mol. The van der Waals surface area contributed by atoms with Crippen molar-refractivity contribution < 1.29 is 22.9 Å². The molecule has 2 rings (SSSR count). The van der Waals surface area contributed by atoms with Crippen molar-refractivity contribution in [3.05, 3.63) is 58.6 Å². The van der Waals surface area contributed by atoms with Crippen LogP contribution in [0.2, 0.25) is 5.02 Å². The largest absolute Gasteiger partial charge is 0.495 e. The van der Waals surface area contributed by atoms with Gasteiger partial charge in [-0.3, -0.25) is 9.76 Å². The lowest BCUT2D eigenvalue weighted by molar-refractivity contribution is 0.232. The van der Waals surface area contributed by atoms with Crippen LogP contribution >= 0.6 is 11.6 Å². The Hall–Kier alpha value is -2.66. The Morgan fingerprint density at radius 2 is 1.89 bits per heavy atom. The van der Waals surface area contributed by atoms with Crippen LogP contribution in [0.15, 0.2) is 57.6 Å². The van der Waals surface area contributed by atoms with Crippen LogP contribution in [0.25, 0.3) is 0 Å². The average Bonchev–Trinajstić information content (AvgIpc) is 2.62. The van der Waals surface area contributed by atoms with E-state index in [9.17, 15) is 8.42 Å². The number of hydroxylamine groups is 1. The summed E-state index contributed by atoms with van der Waals surface area (Å²) >= 11 is 5.90. The topological polar surface area (TPSA) is 147 Å². The summed E-state index contributed by atoms with van der Waals surface area (Å²) in [6, 6.07) is 11.1. The fourth-order valence-corrected chi connectivity index (χ4v) is 2.40. The van der Waals surface area contributed by atoms with Gasteiger partial charge in [-0.25, -0.2) is 5.48 Å². The van der Waals surface area contributed by atoms with Crippen molar-refractivity contribution in [1.29, 1.82) is 0 Å². The maximum absolute atomic E-state index is 10.5. The highest BCUT2D eigenvalue weighted by Crippen LogP contribution is 2.24. The predicted octanol–water partition coefficient (Wildman–Crippen LogP) is 2.22. The van der Waals surface area contributed by atoms with Gasteiger partial charge in [-0.05, 0) is 42.8 Å². The lowest BCUT2D eigenvalue weighted by atomic mass is 10.2. The summed E-state index contributed by atoms with van der Waals surface area (Å²) in [7, 11) is -2.48. The molecule has 0 fully saturated rings. The van der Waals surface area contributed by atoms with E-state index in [1.54, 1.807) is 35.8 Å². The molecule has 2 aromatic carbocycles. The third-order valence-corrected chi connectivity index (χ3v) is 4.14. The SMILES string of the molecule is COc1ccc(C=NN=C(N)NO)cc1Cl.Cc1ccc(S(=O)(=O)O)cc1. The van der Waals surface area contributed by atoms with Crippen molar-refractivity contribution >= 4 is 33.9 Å². The number of methoxy groups -OCH3 is 1. The quantitative estimate of drug-likeness (QED) is 0.259. The minimum atomic E-state index is -4.02. The van der Waals surface area contributed by atoms with Gasteiger partial charge in [0.1, 0.15) is 5.75 Å². The van der Waals surface area contributed by atoms with Crippen molar-refractivity contribution in [3.8, 4) is 5.75 Å². The van der Waals surface area contributed by atoms with Gasteiger partial charge in [-0.15, -0.1) is 5.10 Å². The molecule has 0 aromatic heterocycles. The summed E-state index contributed by atoms with van der Waals surface area (Å²) in [4.78, 5) is -0.0666. The molecule has 2 aromatic rings. The van der Waals surface area contributed by atoms with E-state index in [0.717, 1.165) is 11.1 Å². The van der Waals surface area contributed by atoms with E-state index in [1.165, 1.54) is 25.5 Å². The highest BCUT2D eigenvalue weighted by atomic mass is 35.5. The number of aryl methyl sites for hydroxylation is 1. The van der Waals surface area contributed by atoms with Crippen LogP contribution in [0.1, 0.15) is 11.1 Å². The summed E-state index contributed by atoms with van der Waals surface area (Å²) in [5, 5.41) is 15.9. The fraction of sp³-hybridized carbons (Fsp3) is 0.125. The summed E-state index contributed by atoms with van der Waals surface area (Å²) in [5.41, 5.74) is 8.48. The van der Waals surface area contributed by atoms with Crippen LogP contribution in [0, 0.1) is 6.92 Å². The molecule has 0 radical (unpaired) electrons. The van der Waals surface area contributed by atoms with Gasteiger partial charge < -0.3 is 10.5 Å². The van der Waals surface area contributed by atoms with E-state index < -0.39 is 10.1 Å². The van der Waals surface area contributed by atoms with E-state index in [1.807, 2.05) is 6.92 Å². The number of benzene rings is 2. The van der Waals surface area contributed by atoms with Gasteiger partial charge in [0.15, 0.2) is 0 Å². The smallest absolute Gasteiger partial charge is 0.294 e. The number of hydrogen-bond acceptors (Lipinski definition) is 6. The molecule has 0 saturated carbocycles. The number of ether oxygens (including phenoxy) is 1. The standard InChI is InChI=1S/C9H11ClN4O2.C7H8O3S/c1-16-8-3-2-6(4-7(8)10)5-12-13-9(11)14-15;1-6-2-4-7(5-3-6)11(8,9)10/h2-5,15H,1H3,(H3,11,13,14);2-5H,1H3,(H,8,9,10). The zero-order chi connectivity index (χ0) is 20.4. The van der Waals surface area contributed by atoms with Gasteiger partial charge >= 0.3 is 0 Å². The molecule has 146 valence electrons. The van der Waals surface area contributed by atoms with Gasteiger partial charge in [0, 0.05) is 0 Å². The molecular weight excluding hydrogens is 396 g/mol. The molecule has 0 aliphatic heterocycles. The fourth-order valence-electron chi connectivity index (χ4n) is 1.65. The number of hydrogen-bond donors (Lipinski definition) is 4. The first-order chi connectivity index (χ1) is 12.7. The number of nitrogens with one attached hydrogen (secondary N) is 1. The van der Waals surface area contributed by atoms with Crippen LogP contribution < -0.4 is 16.0 Å². The monoisotopic (exact) mass is 414 g/mol. The second kappa shape index (κ2) is 10.5. The first-order valence-electron chi connectivity index (χ1n) is 7.31. The molecule has 11 heteroatoms. The van der Waals surface area contributed by atoms with Gasteiger partial charge in [0.2, 0.25) is 5.96 Å². The molecule has 0 bridgehead atoms. The lowest BCUT2D eigenvalue weighted by Gasteiger charge is -2.02. The van der Waals surface area contributed by atoms with Crippen LogP contribution in [0.3, 0.4) is 0 Å². The van der Waals surface area contributed by atoms with Crippen LogP contribution in [0.5, 0.6) is 5.75 Å². The summed E-state index contributed by atoms with van der Waals surface area (Å²) in [5.74, 6) is 0.384. The van der Waals surface area contributed by atoms with E-state index >= 15 is 0 Å². The lowest BCUT2D eigenvalue weighted by Crippen LogP contribution is -2.27. The van der Waals surface area contributed by atoms with Crippen molar-refractivity contribution in [2.75, 3.05) is 7.11 Å². The summed E-state index contributed by atoms with van der Waals surface area (Å²) in [6.07, 6.45) is 1.44.